The third-order valence-electron chi connectivity index (χ3n) is 5.50. The molecule has 0 aromatic carbocycles. The zero-order valence-electron chi connectivity index (χ0n) is 15.3. The monoisotopic (exact) mass is 371 g/mol. The van der Waals surface area contributed by atoms with E-state index < -0.39 is 0 Å². The molecule has 0 unspecified atom stereocenters. The van der Waals surface area contributed by atoms with E-state index in [4.69, 9.17) is 0 Å². The summed E-state index contributed by atoms with van der Waals surface area (Å²) in [5.41, 5.74) is 1.83. The summed E-state index contributed by atoms with van der Waals surface area (Å²) in [6.07, 6.45) is 7.73. The predicted molar refractivity (Wildman–Crippen MR) is 103 cm³/mol. The first-order chi connectivity index (χ1) is 12.5. The number of nitrogens with one attached hydrogen (secondary N) is 1. The van der Waals surface area contributed by atoms with Crippen LogP contribution < -0.4 is 5.32 Å². The van der Waals surface area contributed by atoms with Crippen LogP contribution in [0.15, 0.2) is 24.5 Å². The second-order valence-corrected chi connectivity index (χ2v) is 8.60. The maximum Gasteiger partial charge on any atom is 0.254 e. The summed E-state index contributed by atoms with van der Waals surface area (Å²) < 4.78 is 2.01. The first-order valence-corrected chi connectivity index (χ1v) is 10.2. The van der Waals surface area contributed by atoms with Crippen molar-refractivity contribution >= 4 is 23.2 Å². The van der Waals surface area contributed by atoms with Crippen LogP contribution in [0.4, 0.5) is 0 Å². The highest BCUT2D eigenvalue weighted by Gasteiger charge is 2.35. The van der Waals surface area contributed by atoms with Crippen LogP contribution in [0.2, 0.25) is 0 Å². The summed E-state index contributed by atoms with van der Waals surface area (Å²) in [4.78, 5) is 28.3. The summed E-state index contributed by atoms with van der Waals surface area (Å²) in [6, 6.07) is 4.08. The minimum Gasteiger partial charge on any atom is -0.349 e. The van der Waals surface area contributed by atoms with E-state index in [1.807, 2.05) is 40.9 Å². The van der Waals surface area contributed by atoms with Gasteiger partial charge in [-0.1, -0.05) is 0 Å². The van der Waals surface area contributed by atoms with Crippen LogP contribution in [0.1, 0.15) is 46.5 Å². The van der Waals surface area contributed by atoms with Gasteiger partial charge < -0.3 is 14.8 Å². The molecule has 3 heterocycles. The van der Waals surface area contributed by atoms with Crippen LogP contribution in [0.25, 0.3) is 5.00 Å². The Morgan fingerprint density at radius 3 is 2.35 bits per heavy atom. The van der Waals surface area contributed by atoms with Crippen LogP contribution in [0.5, 0.6) is 0 Å². The first kappa shape index (κ1) is 17.3. The van der Waals surface area contributed by atoms with Crippen molar-refractivity contribution in [2.75, 3.05) is 13.1 Å². The van der Waals surface area contributed by atoms with Crippen LogP contribution in [0, 0.1) is 19.8 Å². The lowest BCUT2D eigenvalue weighted by Crippen LogP contribution is -2.47. The lowest BCUT2D eigenvalue weighted by Gasteiger charge is -2.32. The summed E-state index contributed by atoms with van der Waals surface area (Å²) in [7, 11) is 0. The minimum absolute atomic E-state index is 0.00233. The Labute approximate surface area is 158 Å². The number of rotatable bonds is 4. The van der Waals surface area contributed by atoms with E-state index in [-0.39, 0.29) is 17.9 Å². The molecular weight excluding hydrogens is 346 g/mol. The Bertz CT molecular complexity index is 812. The van der Waals surface area contributed by atoms with Gasteiger partial charge in [0.15, 0.2) is 0 Å². The van der Waals surface area contributed by atoms with Gasteiger partial charge in [-0.25, -0.2) is 0 Å². The number of hydrogen-bond acceptors (Lipinski definition) is 3. The molecule has 4 rings (SSSR count). The predicted octanol–water partition coefficient (Wildman–Crippen LogP) is 3.29. The van der Waals surface area contributed by atoms with E-state index >= 15 is 0 Å². The van der Waals surface area contributed by atoms with E-state index in [0.717, 1.165) is 54.9 Å². The second-order valence-electron chi connectivity index (χ2n) is 7.40. The Kier molecular flexibility index (Phi) is 4.61. The molecule has 0 radical (unpaired) electrons. The molecular formula is C20H25N3O2S. The van der Waals surface area contributed by atoms with Gasteiger partial charge in [0, 0.05) is 42.3 Å². The fourth-order valence-electron chi connectivity index (χ4n) is 3.62. The van der Waals surface area contributed by atoms with E-state index in [0.29, 0.717) is 5.91 Å². The highest BCUT2D eigenvalue weighted by Crippen LogP contribution is 2.33. The van der Waals surface area contributed by atoms with Crippen molar-refractivity contribution in [2.45, 2.75) is 45.6 Å². The fraction of sp³-hybridized carbons (Fsp3) is 0.500. The van der Waals surface area contributed by atoms with Crippen LogP contribution in [-0.2, 0) is 4.79 Å². The number of nitrogens with zero attached hydrogens (tertiary/aromatic N) is 2. The zero-order valence-corrected chi connectivity index (χ0v) is 16.1. The Morgan fingerprint density at radius 1 is 1.08 bits per heavy atom. The van der Waals surface area contributed by atoms with Gasteiger partial charge in [0.05, 0.1) is 5.56 Å². The van der Waals surface area contributed by atoms with Crippen molar-refractivity contribution in [3.63, 3.8) is 0 Å². The summed E-state index contributed by atoms with van der Waals surface area (Å²) in [5.74, 6) is 0.596. The molecule has 2 aliphatic rings. The highest BCUT2D eigenvalue weighted by molar-refractivity contribution is 7.15. The third-order valence-corrected chi connectivity index (χ3v) is 6.72. The smallest absolute Gasteiger partial charge is 0.254 e. The molecule has 0 bridgehead atoms. The maximum absolute atomic E-state index is 13.0. The molecule has 1 aliphatic carbocycles. The lowest BCUT2D eigenvalue weighted by atomic mass is 10.0. The molecule has 2 fully saturated rings. The molecule has 2 aromatic heterocycles. The molecule has 6 heteroatoms. The van der Waals surface area contributed by atoms with E-state index in [1.165, 1.54) is 4.88 Å². The van der Waals surface area contributed by atoms with E-state index in [1.54, 1.807) is 11.3 Å². The molecule has 138 valence electrons. The average Bonchev–Trinajstić information content (AvgIpc) is 3.26. The van der Waals surface area contributed by atoms with Crippen LogP contribution in [-0.4, -0.2) is 40.4 Å². The molecule has 0 spiro atoms. The van der Waals surface area contributed by atoms with Crippen molar-refractivity contribution in [3.8, 4) is 5.00 Å². The zero-order chi connectivity index (χ0) is 18.3. The highest BCUT2D eigenvalue weighted by atomic mass is 32.1. The topological polar surface area (TPSA) is 54.3 Å². The molecule has 1 saturated carbocycles. The van der Waals surface area contributed by atoms with Gasteiger partial charge in [0.1, 0.15) is 5.00 Å². The van der Waals surface area contributed by atoms with Gasteiger partial charge in [-0.15, -0.1) is 11.3 Å². The van der Waals surface area contributed by atoms with E-state index in [2.05, 4.69) is 12.2 Å². The molecule has 1 aliphatic heterocycles. The molecule has 1 saturated heterocycles. The summed E-state index contributed by atoms with van der Waals surface area (Å²) in [5, 5.41) is 4.19. The number of aromatic nitrogens is 1. The summed E-state index contributed by atoms with van der Waals surface area (Å²) >= 11 is 1.65. The fourth-order valence-corrected chi connectivity index (χ4v) is 4.74. The largest absolute Gasteiger partial charge is 0.349 e. The van der Waals surface area contributed by atoms with Crippen molar-refractivity contribution in [1.29, 1.82) is 0 Å². The van der Waals surface area contributed by atoms with Crippen LogP contribution in [0.3, 0.4) is 0 Å². The van der Waals surface area contributed by atoms with Gasteiger partial charge in [-0.2, -0.15) is 0 Å². The maximum atomic E-state index is 13.0. The number of amides is 2. The average molecular weight is 372 g/mol. The number of piperidine rings is 1. The molecule has 26 heavy (non-hydrogen) atoms. The Balaban J connectivity index is 1.44. The van der Waals surface area contributed by atoms with E-state index in [9.17, 15) is 9.59 Å². The van der Waals surface area contributed by atoms with Crippen molar-refractivity contribution in [1.82, 2.24) is 14.8 Å². The standard InChI is InChI=1S/C20H25N3O2S/c1-13-14(2)26-20(23-9-3-4-10-23)17(13)18(24)21-16-7-11-22(12-8-16)19(25)15-5-6-15/h3-4,9-10,15-16H,5-8,11-12H2,1-2H3,(H,21,24). The van der Waals surface area contributed by atoms with Crippen LogP contribution >= 0.6 is 11.3 Å². The normalized spacial score (nSPS) is 18.2. The third kappa shape index (κ3) is 3.30. The quantitative estimate of drug-likeness (QED) is 0.897. The Hall–Kier alpha value is -2.08. The molecule has 5 nitrogen and oxygen atoms in total. The number of carbonyl (C=O) groups excluding carboxylic acids is 2. The van der Waals surface area contributed by atoms with Gasteiger partial charge in [0.2, 0.25) is 5.91 Å². The minimum atomic E-state index is 0.00233. The van der Waals surface area contributed by atoms with Gasteiger partial charge in [0.25, 0.3) is 5.91 Å². The van der Waals surface area contributed by atoms with Crippen molar-refractivity contribution in [3.05, 3.63) is 40.5 Å². The molecule has 2 amide bonds. The first-order valence-electron chi connectivity index (χ1n) is 9.37. The van der Waals surface area contributed by atoms with Gasteiger partial charge >= 0.3 is 0 Å². The lowest BCUT2D eigenvalue weighted by molar-refractivity contribution is -0.133. The van der Waals surface area contributed by atoms with Gasteiger partial charge in [-0.05, 0) is 57.2 Å². The van der Waals surface area contributed by atoms with Crippen molar-refractivity contribution in [2.24, 2.45) is 5.92 Å². The number of carbonyl (C=O) groups is 2. The number of hydrogen-bond donors (Lipinski definition) is 1. The molecule has 1 N–H and O–H groups in total. The number of thiophene rings is 1. The SMILES string of the molecule is Cc1sc(-n2cccc2)c(C(=O)NC2CCN(C(=O)C3CC3)CC2)c1C. The molecule has 2 aromatic rings. The van der Waals surface area contributed by atoms with Crippen molar-refractivity contribution < 1.29 is 9.59 Å². The Morgan fingerprint density at radius 2 is 1.73 bits per heavy atom. The summed E-state index contributed by atoms with van der Waals surface area (Å²) in [6.45, 7) is 5.59. The number of likely N-dealkylation sites (tertiary alicyclic amines) is 1. The molecule has 0 atom stereocenters. The second kappa shape index (κ2) is 6.91. The number of aryl methyl sites for hydroxylation is 1. The van der Waals surface area contributed by atoms with Gasteiger partial charge in [-0.3, -0.25) is 9.59 Å².